The van der Waals surface area contributed by atoms with Crippen LogP contribution in [0.5, 0.6) is 0 Å². The summed E-state index contributed by atoms with van der Waals surface area (Å²) in [6, 6.07) is 6.25. The van der Waals surface area contributed by atoms with Gasteiger partial charge in [-0.3, -0.25) is 4.79 Å². The molecular formula is C16H21NO2. The molecule has 0 amide bonds. The lowest BCUT2D eigenvalue weighted by Crippen LogP contribution is -2.11. The molecule has 3 nitrogen and oxygen atoms in total. The number of H-pyrrole nitrogens is 1. The molecule has 1 aromatic carbocycles. The third-order valence-corrected chi connectivity index (χ3v) is 3.81. The summed E-state index contributed by atoms with van der Waals surface area (Å²) in [5, 5.41) is 10.3. The molecule has 3 heteroatoms. The maximum Gasteiger partial charge on any atom is 0.303 e. The summed E-state index contributed by atoms with van der Waals surface area (Å²) < 4.78 is 0. The highest BCUT2D eigenvalue weighted by Gasteiger charge is 2.22. The Morgan fingerprint density at radius 3 is 2.68 bits per heavy atom. The predicted molar refractivity (Wildman–Crippen MR) is 77.5 cm³/mol. The van der Waals surface area contributed by atoms with Gasteiger partial charge in [-0.1, -0.05) is 39.0 Å². The summed E-state index contributed by atoms with van der Waals surface area (Å²) in [7, 11) is 0. The largest absolute Gasteiger partial charge is 0.481 e. The molecule has 2 N–H and O–H groups in total. The molecule has 0 radical (unpaired) electrons. The van der Waals surface area contributed by atoms with E-state index in [2.05, 4.69) is 44.0 Å². The molecule has 1 atom stereocenters. The molecular weight excluding hydrogens is 238 g/mol. The lowest BCUT2D eigenvalue weighted by atomic mass is 9.85. The summed E-state index contributed by atoms with van der Waals surface area (Å²) in [5.41, 5.74) is 3.56. The van der Waals surface area contributed by atoms with Gasteiger partial charge in [0.15, 0.2) is 0 Å². The van der Waals surface area contributed by atoms with Crippen molar-refractivity contribution in [1.82, 2.24) is 4.98 Å². The van der Waals surface area contributed by atoms with E-state index in [1.165, 1.54) is 10.9 Å². The van der Waals surface area contributed by atoms with E-state index in [9.17, 15) is 4.79 Å². The topological polar surface area (TPSA) is 53.1 Å². The predicted octanol–water partition coefficient (Wildman–Crippen LogP) is 3.94. The van der Waals surface area contributed by atoms with Crippen molar-refractivity contribution < 1.29 is 9.90 Å². The number of aromatic amines is 1. The molecule has 0 aliphatic heterocycles. The number of hydrogen-bond donors (Lipinski definition) is 2. The van der Waals surface area contributed by atoms with Gasteiger partial charge in [0.2, 0.25) is 0 Å². The van der Waals surface area contributed by atoms with Gasteiger partial charge in [-0.2, -0.15) is 0 Å². The number of aryl methyl sites for hydroxylation is 1. The van der Waals surface area contributed by atoms with Gasteiger partial charge in [0.1, 0.15) is 0 Å². The number of aliphatic carboxylic acids is 1. The molecule has 0 aliphatic carbocycles. The van der Waals surface area contributed by atoms with Crippen molar-refractivity contribution in [2.45, 2.75) is 39.5 Å². The number of benzene rings is 1. The summed E-state index contributed by atoms with van der Waals surface area (Å²) in [5.74, 6) is -0.376. The quantitative estimate of drug-likeness (QED) is 0.854. The molecule has 0 spiro atoms. The van der Waals surface area contributed by atoms with Crippen molar-refractivity contribution in [3.63, 3.8) is 0 Å². The molecule has 102 valence electrons. The van der Waals surface area contributed by atoms with Crippen molar-refractivity contribution in [3.05, 3.63) is 35.5 Å². The zero-order chi connectivity index (χ0) is 14.0. The van der Waals surface area contributed by atoms with Gasteiger partial charge >= 0.3 is 5.97 Å². The van der Waals surface area contributed by atoms with E-state index in [1.807, 2.05) is 6.20 Å². The van der Waals surface area contributed by atoms with Crippen LogP contribution in [0.25, 0.3) is 10.9 Å². The molecule has 0 saturated carbocycles. The van der Waals surface area contributed by atoms with Gasteiger partial charge < -0.3 is 10.1 Å². The average Bonchev–Trinajstić information content (AvgIpc) is 2.78. The zero-order valence-electron chi connectivity index (χ0n) is 11.7. The van der Waals surface area contributed by atoms with Crippen LogP contribution in [-0.4, -0.2) is 16.1 Å². The van der Waals surface area contributed by atoms with Crippen molar-refractivity contribution >= 4 is 16.9 Å². The van der Waals surface area contributed by atoms with Crippen molar-refractivity contribution in [1.29, 1.82) is 0 Å². The third-order valence-electron chi connectivity index (χ3n) is 3.81. The van der Waals surface area contributed by atoms with Crippen LogP contribution in [0.4, 0.5) is 0 Å². The number of hydrogen-bond acceptors (Lipinski definition) is 1. The summed E-state index contributed by atoms with van der Waals surface area (Å²) in [6.45, 7) is 6.29. The SMILES string of the molecule is CCc1cccc2c(C(CC(=O)O)C(C)C)c[nH]c12. The van der Waals surface area contributed by atoms with Gasteiger partial charge in [-0.05, 0) is 29.4 Å². The molecule has 19 heavy (non-hydrogen) atoms. The Labute approximate surface area is 113 Å². The van der Waals surface area contributed by atoms with E-state index in [1.54, 1.807) is 0 Å². The van der Waals surface area contributed by atoms with E-state index in [4.69, 9.17) is 5.11 Å². The van der Waals surface area contributed by atoms with E-state index >= 15 is 0 Å². The lowest BCUT2D eigenvalue weighted by molar-refractivity contribution is -0.137. The van der Waals surface area contributed by atoms with Crippen LogP contribution in [0.1, 0.15) is 44.2 Å². The monoisotopic (exact) mass is 259 g/mol. The number of carboxylic acids is 1. The second-order valence-corrected chi connectivity index (χ2v) is 5.39. The van der Waals surface area contributed by atoms with Crippen molar-refractivity contribution in [3.8, 4) is 0 Å². The number of carbonyl (C=O) groups is 1. The molecule has 1 aromatic heterocycles. The van der Waals surface area contributed by atoms with Crippen LogP contribution >= 0.6 is 0 Å². The van der Waals surface area contributed by atoms with Crippen LogP contribution in [0.15, 0.2) is 24.4 Å². The standard InChI is InChI=1S/C16H21NO2/c1-4-11-6-5-7-12-14(9-17-16(11)12)13(10(2)3)8-15(18)19/h5-7,9-10,13,17H,4,8H2,1-3H3,(H,18,19). The second-order valence-electron chi connectivity index (χ2n) is 5.39. The van der Waals surface area contributed by atoms with E-state index in [0.717, 1.165) is 17.5 Å². The minimum atomic E-state index is -0.736. The molecule has 0 saturated heterocycles. The van der Waals surface area contributed by atoms with E-state index in [0.29, 0.717) is 5.92 Å². The Balaban J connectivity index is 2.51. The van der Waals surface area contributed by atoms with Gasteiger partial charge in [0, 0.05) is 17.1 Å². The summed E-state index contributed by atoms with van der Waals surface area (Å²) >= 11 is 0. The fourth-order valence-electron chi connectivity index (χ4n) is 2.73. The second kappa shape index (κ2) is 5.47. The molecule has 0 aliphatic rings. The smallest absolute Gasteiger partial charge is 0.303 e. The third kappa shape index (κ3) is 2.65. The van der Waals surface area contributed by atoms with Crippen LogP contribution < -0.4 is 0 Å². The Morgan fingerprint density at radius 1 is 1.37 bits per heavy atom. The first kappa shape index (κ1) is 13.7. The van der Waals surface area contributed by atoms with Crippen LogP contribution in [0.2, 0.25) is 0 Å². The first-order valence-corrected chi connectivity index (χ1v) is 6.85. The van der Waals surface area contributed by atoms with Gasteiger partial charge in [-0.15, -0.1) is 0 Å². The Hall–Kier alpha value is -1.77. The van der Waals surface area contributed by atoms with Crippen molar-refractivity contribution in [2.75, 3.05) is 0 Å². The van der Waals surface area contributed by atoms with Crippen molar-refractivity contribution in [2.24, 2.45) is 5.92 Å². The lowest BCUT2D eigenvalue weighted by Gasteiger charge is -2.18. The van der Waals surface area contributed by atoms with Crippen LogP contribution in [-0.2, 0) is 11.2 Å². The minimum Gasteiger partial charge on any atom is -0.481 e. The summed E-state index contributed by atoms with van der Waals surface area (Å²) in [6.07, 6.45) is 3.14. The summed E-state index contributed by atoms with van der Waals surface area (Å²) in [4.78, 5) is 14.4. The Bertz CT molecular complexity index is 583. The molecule has 0 fully saturated rings. The molecule has 1 unspecified atom stereocenters. The zero-order valence-corrected chi connectivity index (χ0v) is 11.7. The first-order valence-electron chi connectivity index (χ1n) is 6.85. The van der Waals surface area contributed by atoms with Gasteiger partial charge in [-0.25, -0.2) is 0 Å². The molecule has 2 aromatic rings. The highest BCUT2D eigenvalue weighted by molar-refractivity contribution is 5.87. The molecule has 1 heterocycles. The Morgan fingerprint density at radius 2 is 2.11 bits per heavy atom. The fourth-order valence-corrected chi connectivity index (χ4v) is 2.73. The number of nitrogens with one attached hydrogen (secondary N) is 1. The van der Waals surface area contributed by atoms with Crippen LogP contribution in [0, 0.1) is 5.92 Å². The normalized spacial score (nSPS) is 13.1. The maximum absolute atomic E-state index is 11.1. The number of para-hydroxylation sites is 1. The molecule has 2 rings (SSSR count). The van der Waals surface area contributed by atoms with Crippen LogP contribution in [0.3, 0.4) is 0 Å². The number of rotatable bonds is 5. The maximum atomic E-state index is 11.1. The highest BCUT2D eigenvalue weighted by Crippen LogP contribution is 2.34. The van der Waals surface area contributed by atoms with Gasteiger partial charge in [0.05, 0.1) is 6.42 Å². The number of aromatic nitrogens is 1. The Kier molecular flexibility index (Phi) is 3.93. The highest BCUT2D eigenvalue weighted by atomic mass is 16.4. The molecule has 0 bridgehead atoms. The van der Waals surface area contributed by atoms with E-state index < -0.39 is 5.97 Å². The van der Waals surface area contributed by atoms with Gasteiger partial charge in [0.25, 0.3) is 0 Å². The average molecular weight is 259 g/mol. The minimum absolute atomic E-state index is 0.0540. The van der Waals surface area contributed by atoms with E-state index in [-0.39, 0.29) is 12.3 Å². The first-order chi connectivity index (χ1) is 9.04. The number of fused-ring (bicyclic) bond motifs is 1. The fraction of sp³-hybridized carbons (Fsp3) is 0.438. The number of carboxylic acid groups (broad SMARTS) is 1.